The number of aromatic nitrogens is 2. The summed E-state index contributed by atoms with van der Waals surface area (Å²) in [6.45, 7) is 3.95. The van der Waals surface area contributed by atoms with E-state index in [1.807, 2.05) is 14.0 Å². The highest BCUT2D eigenvalue weighted by Gasteiger charge is 2.14. The first-order valence-corrected chi connectivity index (χ1v) is 4.56. The maximum absolute atomic E-state index is 4.41. The maximum atomic E-state index is 4.41. The average Bonchev–Trinajstić information content (AvgIpc) is 2.18. The normalized spacial score (nSPS) is 15.2. The molecule has 70 valence electrons. The van der Waals surface area contributed by atoms with Crippen molar-refractivity contribution in [1.82, 2.24) is 15.3 Å². The number of hydrogen-bond acceptors (Lipinski definition) is 4. The lowest BCUT2D eigenvalue weighted by molar-refractivity contribution is 0.620. The van der Waals surface area contributed by atoms with Crippen molar-refractivity contribution in [2.45, 2.75) is 19.9 Å². The summed E-state index contributed by atoms with van der Waals surface area (Å²) >= 11 is 0. The van der Waals surface area contributed by atoms with Gasteiger partial charge in [-0.1, -0.05) is 0 Å². The molecule has 13 heavy (non-hydrogen) atoms. The van der Waals surface area contributed by atoms with Gasteiger partial charge in [-0.15, -0.1) is 0 Å². The monoisotopic (exact) mass is 178 g/mol. The van der Waals surface area contributed by atoms with E-state index in [4.69, 9.17) is 0 Å². The van der Waals surface area contributed by atoms with E-state index in [1.54, 1.807) is 0 Å². The Morgan fingerprint density at radius 1 is 1.38 bits per heavy atom. The number of fused-ring (bicyclic) bond motifs is 1. The van der Waals surface area contributed by atoms with E-state index in [1.165, 1.54) is 5.56 Å². The van der Waals surface area contributed by atoms with Gasteiger partial charge < -0.3 is 10.6 Å². The Hall–Kier alpha value is -1.16. The smallest absolute Gasteiger partial charge is 0.222 e. The van der Waals surface area contributed by atoms with Crippen LogP contribution >= 0.6 is 0 Å². The van der Waals surface area contributed by atoms with E-state index >= 15 is 0 Å². The number of hydrogen-bond donors (Lipinski definition) is 2. The molecule has 0 spiro atoms. The molecule has 0 aliphatic carbocycles. The van der Waals surface area contributed by atoms with Crippen LogP contribution in [-0.2, 0) is 13.0 Å². The number of anilines is 1. The summed E-state index contributed by atoms with van der Waals surface area (Å²) in [7, 11) is 1.84. The minimum atomic E-state index is 0.722. The lowest BCUT2D eigenvalue weighted by Gasteiger charge is -2.18. The van der Waals surface area contributed by atoms with Gasteiger partial charge in [0.1, 0.15) is 0 Å². The largest absolute Gasteiger partial charge is 0.357 e. The molecule has 0 unspecified atom stereocenters. The summed E-state index contributed by atoms with van der Waals surface area (Å²) in [5.74, 6) is 0.722. The molecule has 1 aliphatic heterocycles. The van der Waals surface area contributed by atoms with Crippen LogP contribution in [0.3, 0.4) is 0 Å². The van der Waals surface area contributed by atoms with Crippen molar-refractivity contribution >= 4 is 5.95 Å². The predicted molar refractivity (Wildman–Crippen MR) is 51.7 cm³/mol. The molecule has 0 bridgehead atoms. The van der Waals surface area contributed by atoms with Gasteiger partial charge in [0.2, 0.25) is 5.95 Å². The zero-order valence-corrected chi connectivity index (χ0v) is 8.02. The first-order chi connectivity index (χ1) is 6.31. The average molecular weight is 178 g/mol. The minimum Gasteiger partial charge on any atom is -0.357 e. The molecule has 4 heteroatoms. The molecule has 1 aromatic rings. The van der Waals surface area contributed by atoms with E-state index < -0.39 is 0 Å². The molecule has 1 aromatic heterocycles. The third-order valence-electron chi connectivity index (χ3n) is 2.37. The first kappa shape index (κ1) is 8.44. The van der Waals surface area contributed by atoms with Crippen molar-refractivity contribution in [3.05, 3.63) is 17.0 Å². The van der Waals surface area contributed by atoms with Gasteiger partial charge in [-0.05, 0) is 25.5 Å². The standard InChI is InChI=1S/C9H14N4/c1-6-7-3-4-11-5-8(7)13-9(10-2)12-6/h11H,3-5H2,1-2H3,(H,10,12,13). The zero-order chi connectivity index (χ0) is 9.26. The molecule has 4 nitrogen and oxygen atoms in total. The van der Waals surface area contributed by atoms with Crippen LogP contribution in [0.2, 0.25) is 0 Å². The van der Waals surface area contributed by atoms with Gasteiger partial charge in [-0.2, -0.15) is 0 Å². The highest BCUT2D eigenvalue weighted by Crippen LogP contribution is 2.16. The van der Waals surface area contributed by atoms with Crippen LogP contribution in [0, 0.1) is 6.92 Å². The lowest BCUT2D eigenvalue weighted by atomic mass is 10.1. The predicted octanol–water partition coefficient (Wildman–Crippen LogP) is 0.472. The van der Waals surface area contributed by atoms with Crippen LogP contribution in [0.4, 0.5) is 5.95 Å². The molecule has 2 N–H and O–H groups in total. The van der Waals surface area contributed by atoms with Crippen molar-refractivity contribution < 1.29 is 0 Å². The highest BCUT2D eigenvalue weighted by atomic mass is 15.1. The van der Waals surface area contributed by atoms with E-state index in [2.05, 4.69) is 20.6 Å². The van der Waals surface area contributed by atoms with E-state index in [-0.39, 0.29) is 0 Å². The molecule has 0 fully saturated rings. The molecule has 0 saturated heterocycles. The van der Waals surface area contributed by atoms with Crippen molar-refractivity contribution in [2.24, 2.45) is 0 Å². The Labute approximate surface area is 77.8 Å². The van der Waals surface area contributed by atoms with E-state index in [0.717, 1.165) is 36.8 Å². The Balaban J connectivity index is 2.47. The Morgan fingerprint density at radius 3 is 3.00 bits per heavy atom. The third-order valence-corrected chi connectivity index (χ3v) is 2.37. The quantitative estimate of drug-likeness (QED) is 0.656. The van der Waals surface area contributed by atoms with Crippen LogP contribution in [0.1, 0.15) is 17.0 Å². The molecular formula is C9H14N4. The molecule has 0 amide bonds. The van der Waals surface area contributed by atoms with Gasteiger partial charge in [0.25, 0.3) is 0 Å². The van der Waals surface area contributed by atoms with Gasteiger partial charge in [-0.3, -0.25) is 0 Å². The van der Waals surface area contributed by atoms with Gasteiger partial charge >= 0.3 is 0 Å². The number of nitrogens with zero attached hydrogens (tertiary/aromatic N) is 2. The number of rotatable bonds is 1. The van der Waals surface area contributed by atoms with Gasteiger partial charge in [-0.25, -0.2) is 9.97 Å². The number of aryl methyl sites for hydroxylation is 1. The van der Waals surface area contributed by atoms with Crippen LogP contribution < -0.4 is 10.6 Å². The summed E-state index contributed by atoms with van der Waals surface area (Å²) in [6.07, 6.45) is 1.05. The molecule has 0 saturated carbocycles. The summed E-state index contributed by atoms with van der Waals surface area (Å²) in [5, 5.41) is 6.27. The SMILES string of the molecule is CNc1nc(C)c2c(n1)CNCC2. The summed E-state index contributed by atoms with van der Waals surface area (Å²) in [4.78, 5) is 8.76. The molecule has 2 heterocycles. The summed E-state index contributed by atoms with van der Waals surface area (Å²) in [5.41, 5.74) is 3.57. The fraction of sp³-hybridized carbons (Fsp3) is 0.556. The fourth-order valence-corrected chi connectivity index (χ4v) is 1.66. The summed E-state index contributed by atoms with van der Waals surface area (Å²) < 4.78 is 0. The summed E-state index contributed by atoms with van der Waals surface area (Å²) in [6, 6.07) is 0. The van der Waals surface area contributed by atoms with Crippen molar-refractivity contribution in [3.8, 4) is 0 Å². The highest BCUT2D eigenvalue weighted by molar-refractivity contribution is 5.35. The Kier molecular flexibility index (Phi) is 2.14. The maximum Gasteiger partial charge on any atom is 0.222 e. The van der Waals surface area contributed by atoms with Crippen molar-refractivity contribution in [1.29, 1.82) is 0 Å². The molecule has 0 aromatic carbocycles. The Morgan fingerprint density at radius 2 is 2.23 bits per heavy atom. The second kappa shape index (κ2) is 3.30. The van der Waals surface area contributed by atoms with Crippen LogP contribution in [0.15, 0.2) is 0 Å². The molecule has 2 rings (SSSR count). The van der Waals surface area contributed by atoms with Crippen molar-refractivity contribution in [3.63, 3.8) is 0 Å². The van der Waals surface area contributed by atoms with Crippen molar-refractivity contribution in [2.75, 3.05) is 18.9 Å². The van der Waals surface area contributed by atoms with E-state index in [9.17, 15) is 0 Å². The minimum absolute atomic E-state index is 0.722. The third kappa shape index (κ3) is 1.49. The van der Waals surface area contributed by atoms with Gasteiger partial charge in [0, 0.05) is 19.3 Å². The zero-order valence-electron chi connectivity index (χ0n) is 8.02. The van der Waals surface area contributed by atoms with E-state index in [0.29, 0.717) is 0 Å². The van der Waals surface area contributed by atoms with Crippen LogP contribution in [0.5, 0.6) is 0 Å². The van der Waals surface area contributed by atoms with Crippen LogP contribution in [0.25, 0.3) is 0 Å². The fourth-order valence-electron chi connectivity index (χ4n) is 1.66. The second-order valence-corrected chi connectivity index (χ2v) is 3.23. The topological polar surface area (TPSA) is 49.8 Å². The van der Waals surface area contributed by atoms with Gasteiger partial charge in [0.15, 0.2) is 0 Å². The molecular weight excluding hydrogens is 164 g/mol. The first-order valence-electron chi connectivity index (χ1n) is 4.56. The lowest BCUT2D eigenvalue weighted by Crippen LogP contribution is -2.26. The molecule has 1 aliphatic rings. The molecule has 0 radical (unpaired) electrons. The second-order valence-electron chi connectivity index (χ2n) is 3.23. The van der Waals surface area contributed by atoms with Gasteiger partial charge in [0.05, 0.1) is 5.69 Å². The number of nitrogens with one attached hydrogen (secondary N) is 2. The van der Waals surface area contributed by atoms with Crippen LogP contribution in [-0.4, -0.2) is 23.6 Å². The Bertz CT molecular complexity index is 322. The molecule has 0 atom stereocenters.